The number of rotatable bonds is 3. The molecule has 4 nitrogen and oxygen atoms in total. The van der Waals surface area contributed by atoms with Gasteiger partial charge in [-0.25, -0.2) is 4.39 Å². The van der Waals surface area contributed by atoms with Gasteiger partial charge in [-0.2, -0.15) is 0 Å². The summed E-state index contributed by atoms with van der Waals surface area (Å²) in [6, 6.07) is 4.26. The molecular weight excluding hydrogens is 270 g/mol. The summed E-state index contributed by atoms with van der Waals surface area (Å²) in [5.74, 6) is -0.366. The summed E-state index contributed by atoms with van der Waals surface area (Å²) in [5, 5.41) is 0. The number of anilines is 1. The lowest BCUT2D eigenvalue weighted by molar-refractivity contribution is 0.00578. The number of hydrogen-bond acceptors (Lipinski definition) is 4. The van der Waals surface area contributed by atoms with Crippen LogP contribution in [0, 0.1) is 5.82 Å². The van der Waals surface area contributed by atoms with Gasteiger partial charge in [-0.15, -0.1) is 0 Å². The lowest BCUT2D eigenvalue weighted by atomic mass is 9.77. The van der Waals surface area contributed by atoms with Gasteiger partial charge in [0.1, 0.15) is 5.82 Å². The van der Waals surface area contributed by atoms with Crippen LogP contribution in [0.1, 0.15) is 33.3 Å². The van der Waals surface area contributed by atoms with E-state index in [0.29, 0.717) is 11.3 Å². The van der Waals surface area contributed by atoms with Gasteiger partial charge in [0, 0.05) is 12.2 Å². The average molecular weight is 292 g/mol. The summed E-state index contributed by atoms with van der Waals surface area (Å²) < 4.78 is 25.0. The molecule has 0 unspecified atom stereocenters. The first-order valence-corrected chi connectivity index (χ1v) is 6.97. The average Bonchev–Trinajstić information content (AvgIpc) is 2.57. The molecule has 1 fully saturated rings. The van der Waals surface area contributed by atoms with E-state index in [1.807, 2.05) is 27.7 Å². The number of nitrogen functional groups attached to an aromatic ring is 1. The van der Waals surface area contributed by atoms with E-state index in [-0.39, 0.29) is 12.4 Å². The molecule has 0 amide bonds. The predicted molar refractivity (Wildman–Crippen MR) is 83.9 cm³/mol. The van der Waals surface area contributed by atoms with E-state index in [1.165, 1.54) is 12.1 Å². The van der Waals surface area contributed by atoms with E-state index in [9.17, 15) is 4.39 Å². The first-order chi connectivity index (χ1) is 9.66. The highest BCUT2D eigenvalue weighted by Gasteiger charge is 2.52. The van der Waals surface area contributed by atoms with Crippen LogP contribution in [0.15, 0.2) is 23.7 Å². The van der Waals surface area contributed by atoms with Gasteiger partial charge in [-0.05, 0) is 50.9 Å². The maximum atomic E-state index is 13.1. The Balaban J connectivity index is 2.31. The van der Waals surface area contributed by atoms with Crippen molar-refractivity contribution in [3.63, 3.8) is 0 Å². The molecule has 4 N–H and O–H groups in total. The lowest BCUT2D eigenvalue weighted by Crippen LogP contribution is -2.41. The highest BCUT2D eigenvalue weighted by atomic mass is 19.1. The molecule has 1 heterocycles. The van der Waals surface area contributed by atoms with Crippen molar-refractivity contribution in [3.05, 3.63) is 35.1 Å². The van der Waals surface area contributed by atoms with Gasteiger partial charge in [0.2, 0.25) is 0 Å². The molecule has 0 saturated carbocycles. The van der Waals surface area contributed by atoms with Crippen LogP contribution in [-0.2, 0) is 9.31 Å². The fourth-order valence-electron chi connectivity index (χ4n) is 2.09. The molecule has 21 heavy (non-hydrogen) atoms. The molecule has 0 radical (unpaired) electrons. The lowest BCUT2D eigenvalue weighted by Gasteiger charge is -2.32. The fourth-order valence-corrected chi connectivity index (χ4v) is 2.09. The van der Waals surface area contributed by atoms with Gasteiger partial charge in [-0.3, -0.25) is 0 Å². The summed E-state index contributed by atoms with van der Waals surface area (Å²) in [6.45, 7) is 8.19. The number of benzene rings is 1. The van der Waals surface area contributed by atoms with Crippen molar-refractivity contribution < 1.29 is 13.7 Å². The highest BCUT2D eigenvalue weighted by Crippen LogP contribution is 2.38. The van der Waals surface area contributed by atoms with Crippen LogP contribution in [0.25, 0.3) is 6.08 Å². The summed E-state index contributed by atoms with van der Waals surface area (Å²) in [6.07, 6.45) is 1.80. The Bertz CT molecular complexity index is 557. The summed E-state index contributed by atoms with van der Waals surface area (Å²) in [4.78, 5) is 0. The molecule has 1 saturated heterocycles. The van der Waals surface area contributed by atoms with Crippen LogP contribution in [0.5, 0.6) is 0 Å². The fraction of sp³-hybridized carbons (Fsp3) is 0.467. The quantitative estimate of drug-likeness (QED) is 0.663. The standard InChI is InChI=1S/C15H22BFN2O2/c1-14(2)15(3,4)21-16(20-14)11(9-18)7-10-5-6-12(17)8-13(10)19/h5-8H,9,18-19H2,1-4H3. The van der Waals surface area contributed by atoms with Gasteiger partial charge in [0.25, 0.3) is 0 Å². The maximum Gasteiger partial charge on any atom is 0.491 e. The van der Waals surface area contributed by atoms with E-state index in [4.69, 9.17) is 20.8 Å². The molecule has 0 aliphatic carbocycles. The number of halogens is 1. The number of hydrogen-bond donors (Lipinski definition) is 2. The Labute approximate surface area is 125 Å². The molecule has 1 aromatic carbocycles. The Morgan fingerprint density at radius 3 is 2.29 bits per heavy atom. The minimum absolute atomic E-state index is 0.271. The normalized spacial score (nSPS) is 20.9. The third-order valence-corrected chi connectivity index (χ3v) is 4.18. The Morgan fingerprint density at radius 1 is 1.24 bits per heavy atom. The van der Waals surface area contributed by atoms with Gasteiger partial charge in [0.15, 0.2) is 0 Å². The zero-order chi connectivity index (χ0) is 15.8. The first kappa shape index (κ1) is 16.0. The maximum absolute atomic E-state index is 13.1. The third kappa shape index (κ3) is 3.12. The van der Waals surface area contributed by atoms with Gasteiger partial charge in [-0.1, -0.05) is 12.1 Å². The van der Waals surface area contributed by atoms with E-state index < -0.39 is 18.3 Å². The van der Waals surface area contributed by atoms with Crippen molar-refractivity contribution in [2.24, 2.45) is 5.73 Å². The van der Waals surface area contributed by atoms with Gasteiger partial charge >= 0.3 is 7.12 Å². The van der Waals surface area contributed by atoms with Crippen LogP contribution in [0.4, 0.5) is 10.1 Å². The third-order valence-electron chi connectivity index (χ3n) is 4.18. The number of nitrogens with two attached hydrogens (primary N) is 2. The first-order valence-electron chi connectivity index (χ1n) is 6.97. The van der Waals surface area contributed by atoms with Crippen molar-refractivity contribution in [2.75, 3.05) is 12.3 Å². The summed E-state index contributed by atoms with van der Waals surface area (Å²) in [5.41, 5.74) is 12.6. The molecule has 2 rings (SSSR count). The Morgan fingerprint density at radius 2 is 1.81 bits per heavy atom. The van der Waals surface area contributed by atoms with Crippen molar-refractivity contribution in [1.82, 2.24) is 0 Å². The molecule has 0 aromatic heterocycles. The molecule has 0 atom stereocenters. The largest absolute Gasteiger partial charge is 0.491 e. The minimum Gasteiger partial charge on any atom is -0.400 e. The molecule has 0 spiro atoms. The van der Waals surface area contributed by atoms with Crippen molar-refractivity contribution in [1.29, 1.82) is 0 Å². The minimum atomic E-state index is -0.524. The van der Waals surface area contributed by atoms with Crippen LogP contribution in [-0.4, -0.2) is 24.9 Å². The van der Waals surface area contributed by atoms with Crippen molar-refractivity contribution >= 4 is 18.9 Å². The topological polar surface area (TPSA) is 70.5 Å². The van der Waals surface area contributed by atoms with E-state index in [2.05, 4.69) is 0 Å². The zero-order valence-corrected chi connectivity index (χ0v) is 12.9. The van der Waals surface area contributed by atoms with Crippen LogP contribution >= 0.6 is 0 Å². The second-order valence-electron chi connectivity index (χ2n) is 6.28. The molecule has 1 aliphatic rings. The second-order valence-corrected chi connectivity index (χ2v) is 6.28. The van der Waals surface area contributed by atoms with E-state index in [1.54, 1.807) is 12.1 Å². The van der Waals surface area contributed by atoms with Gasteiger partial charge in [0.05, 0.1) is 11.2 Å². The zero-order valence-electron chi connectivity index (χ0n) is 12.9. The monoisotopic (exact) mass is 292 g/mol. The summed E-state index contributed by atoms with van der Waals surface area (Å²) in [7, 11) is -0.524. The molecular formula is C15H22BFN2O2. The highest BCUT2D eigenvalue weighted by molar-refractivity contribution is 6.56. The van der Waals surface area contributed by atoms with Crippen LogP contribution in [0.3, 0.4) is 0 Å². The van der Waals surface area contributed by atoms with E-state index in [0.717, 1.165) is 5.47 Å². The molecule has 1 aromatic rings. The van der Waals surface area contributed by atoms with Crippen LogP contribution in [0.2, 0.25) is 0 Å². The smallest absolute Gasteiger partial charge is 0.400 e. The van der Waals surface area contributed by atoms with E-state index >= 15 is 0 Å². The van der Waals surface area contributed by atoms with Gasteiger partial charge < -0.3 is 20.8 Å². The predicted octanol–water partition coefficient (Wildman–Crippen LogP) is 2.38. The molecule has 1 aliphatic heterocycles. The van der Waals surface area contributed by atoms with Crippen molar-refractivity contribution in [3.8, 4) is 0 Å². The Kier molecular flexibility index (Phi) is 4.15. The molecule has 114 valence electrons. The summed E-state index contributed by atoms with van der Waals surface area (Å²) >= 11 is 0. The van der Waals surface area contributed by atoms with Crippen LogP contribution < -0.4 is 11.5 Å². The second kappa shape index (κ2) is 5.44. The Hall–Kier alpha value is -1.37. The molecule has 0 bridgehead atoms. The molecule has 6 heteroatoms. The SMILES string of the molecule is CC1(C)OB(C(=Cc2ccc(F)cc2N)CN)OC1(C)C. The van der Waals surface area contributed by atoms with Crippen molar-refractivity contribution in [2.45, 2.75) is 38.9 Å².